The molecule has 1 saturated heterocycles. The van der Waals surface area contributed by atoms with Gasteiger partial charge in [-0.25, -0.2) is 0 Å². The fourth-order valence-electron chi connectivity index (χ4n) is 2.25. The van der Waals surface area contributed by atoms with Crippen LogP contribution in [-0.4, -0.2) is 17.0 Å². The quantitative estimate of drug-likeness (QED) is 0.875. The maximum Gasteiger partial charge on any atom is 0.0440 e. The van der Waals surface area contributed by atoms with E-state index in [4.69, 9.17) is 0 Å². The van der Waals surface area contributed by atoms with Crippen LogP contribution in [0.4, 0.5) is 0 Å². The fourth-order valence-corrected chi connectivity index (χ4v) is 4.42. The number of hydrogen-bond acceptors (Lipinski definition) is 3. The van der Waals surface area contributed by atoms with E-state index in [9.17, 15) is 0 Å². The third kappa shape index (κ3) is 2.82. The molecule has 0 aromatic carbocycles. The van der Waals surface area contributed by atoms with Gasteiger partial charge in [-0.1, -0.05) is 26.8 Å². The second-order valence-electron chi connectivity index (χ2n) is 4.87. The third-order valence-corrected chi connectivity index (χ3v) is 5.57. The minimum absolute atomic E-state index is 0.533. The number of thiophene rings is 1. The average Bonchev–Trinajstić information content (AvgIpc) is 2.85. The Balaban J connectivity index is 2.03. The number of nitrogens with one attached hydrogen (secondary N) is 1. The lowest BCUT2D eigenvalue weighted by atomic mass is 10.0. The van der Waals surface area contributed by atoms with E-state index in [2.05, 4.69) is 55.4 Å². The van der Waals surface area contributed by atoms with Gasteiger partial charge in [0.05, 0.1) is 0 Å². The first-order valence-corrected chi connectivity index (χ1v) is 8.02. The van der Waals surface area contributed by atoms with Gasteiger partial charge in [0.25, 0.3) is 0 Å². The molecular formula is C13H21NS2. The molecule has 1 aliphatic heterocycles. The lowest BCUT2D eigenvalue weighted by Crippen LogP contribution is -2.38. The minimum Gasteiger partial charge on any atom is -0.305 e. The van der Waals surface area contributed by atoms with E-state index in [1.165, 1.54) is 17.1 Å². The predicted molar refractivity (Wildman–Crippen MR) is 75.4 cm³/mol. The van der Waals surface area contributed by atoms with Gasteiger partial charge in [-0.15, -0.1) is 11.3 Å². The van der Waals surface area contributed by atoms with Crippen LogP contribution in [0.2, 0.25) is 0 Å². The van der Waals surface area contributed by atoms with Crippen LogP contribution in [0.1, 0.15) is 38.1 Å². The van der Waals surface area contributed by atoms with Crippen molar-refractivity contribution in [3.8, 4) is 0 Å². The molecule has 1 N–H and O–H groups in total. The molecule has 16 heavy (non-hydrogen) atoms. The molecule has 0 saturated carbocycles. The Bertz CT molecular complexity index is 308. The fraction of sp³-hybridized carbons (Fsp3) is 0.692. The Kier molecular flexibility index (Phi) is 4.34. The summed E-state index contributed by atoms with van der Waals surface area (Å²) >= 11 is 3.97. The molecule has 2 rings (SSSR count). The Labute approximate surface area is 107 Å². The molecule has 3 heteroatoms. The zero-order valence-corrected chi connectivity index (χ0v) is 11.9. The number of rotatable bonds is 4. The van der Waals surface area contributed by atoms with Gasteiger partial charge >= 0.3 is 0 Å². The largest absolute Gasteiger partial charge is 0.305 e. The van der Waals surface area contributed by atoms with Crippen molar-refractivity contribution >= 4 is 23.1 Å². The zero-order valence-electron chi connectivity index (χ0n) is 10.3. The summed E-state index contributed by atoms with van der Waals surface area (Å²) in [5, 5.41) is 6.80. The van der Waals surface area contributed by atoms with Gasteiger partial charge in [-0.2, -0.15) is 11.8 Å². The Morgan fingerprint density at radius 3 is 2.75 bits per heavy atom. The summed E-state index contributed by atoms with van der Waals surface area (Å²) in [6.45, 7) is 6.97. The Hall–Kier alpha value is 0.01000. The van der Waals surface area contributed by atoms with E-state index in [1.807, 2.05) is 11.3 Å². The Morgan fingerprint density at radius 1 is 1.44 bits per heavy atom. The first-order valence-electron chi connectivity index (χ1n) is 6.09. The summed E-state index contributed by atoms with van der Waals surface area (Å²) in [5.74, 6) is 1.98. The molecule has 0 radical (unpaired) electrons. The maximum atomic E-state index is 3.86. The first-order chi connectivity index (χ1) is 7.68. The average molecular weight is 255 g/mol. The van der Waals surface area contributed by atoms with Crippen LogP contribution < -0.4 is 5.32 Å². The van der Waals surface area contributed by atoms with Gasteiger partial charge in [0.1, 0.15) is 0 Å². The van der Waals surface area contributed by atoms with Crippen molar-refractivity contribution in [1.82, 2.24) is 5.32 Å². The molecule has 0 bridgehead atoms. The van der Waals surface area contributed by atoms with Gasteiger partial charge in [-0.3, -0.25) is 0 Å². The van der Waals surface area contributed by atoms with E-state index in [-0.39, 0.29) is 0 Å². The maximum absolute atomic E-state index is 3.86. The molecule has 0 aliphatic carbocycles. The predicted octanol–water partition coefficient (Wildman–Crippen LogP) is 3.93. The smallest absolute Gasteiger partial charge is 0.0440 e. The van der Waals surface area contributed by atoms with E-state index < -0.39 is 0 Å². The van der Waals surface area contributed by atoms with Crippen molar-refractivity contribution in [3.05, 3.63) is 22.4 Å². The van der Waals surface area contributed by atoms with Crippen LogP contribution in [0.15, 0.2) is 17.5 Å². The van der Waals surface area contributed by atoms with Crippen LogP contribution in [-0.2, 0) is 0 Å². The molecule has 0 spiro atoms. The normalized spacial score (nSPS) is 27.5. The highest BCUT2D eigenvalue weighted by molar-refractivity contribution is 8.00. The third-order valence-electron chi connectivity index (χ3n) is 3.29. The highest BCUT2D eigenvalue weighted by Crippen LogP contribution is 2.32. The van der Waals surface area contributed by atoms with Crippen molar-refractivity contribution in [2.75, 3.05) is 5.75 Å². The van der Waals surface area contributed by atoms with E-state index in [0.717, 1.165) is 5.25 Å². The topological polar surface area (TPSA) is 12.0 Å². The van der Waals surface area contributed by atoms with Gasteiger partial charge in [0.2, 0.25) is 0 Å². The Morgan fingerprint density at radius 2 is 2.25 bits per heavy atom. The first kappa shape index (κ1) is 12.5. The van der Waals surface area contributed by atoms with Gasteiger partial charge < -0.3 is 5.32 Å². The van der Waals surface area contributed by atoms with E-state index >= 15 is 0 Å². The molecule has 1 aromatic heterocycles. The van der Waals surface area contributed by atoms with Crippen LogP contribution in [0.3, 0.4) is 0 Å². The lowest BCUT2D eigenvalue weighted by Gasteiger charge is -2.27. The second-order valence-corrected chi connectivity index (χ2v) is 7.34. The highest BCUT2D eigenvalue weighted by Gasteiger charge is 2.28. The van der Waals surface area contributed by atoms with Crippen molar-refractivity contribution in [1.29, 1.82) is 0 Å². The van der Waals surface area contributed by atoms with Gasteiger partial charge in [0, 0.05) is 22.2 Å². The van der Waals surface area contributed by atoms with Gasteiger partial charge in [-0.05, 0) is 29.5 Å². The summed E-state index contributed by atoms with van der Waals surface area (Å²) in [6.07, 6.45) is 1.32. The standard InChI is InChI=1S/C13H21NS2/c1-9(2)13(12-5-4-7-16-12)14-11-6-8-15-10(11)3/h4-5,7,9-11,13-14H,6,8H2,1-3H3. The number of thioether (sulfide) groups is 1. The van der Waals surface area contributed by atoms with Crippen LogP contribution >= 0.6 is 23.1 Å². The minimum atomic E-state index is 0.533. The summed E-state index contributed by atoms with van der Waals surface area (Å²) in [5.41, 5.74) is 0. The van der Waals surface area contributed by atoms with Crippen LogP contribution in [0, 0.1) is 5.92 Å². The summed E-state index contributed by atoms with van der Waals surface area (Å²) in [4.78, 5) is 1.49. The second kappa shape index (κ2) is 5.56. The summed E-state index contributed by atoms with van der Waals surface area (Å²) in [7, 11) is 0. The molecule has 90 valence electrons. The molecule has 3 atom stereocenters. The SMILES string of the molecule is CC(C)C(NC1CCSC1C)c1cccs1. The molecular weight excluding hydrogens is 234 g/mol. The molecule has 1 fully saturated rings. The molecule has 3 unspecified atom stereocenters. The lowest BCUT2D eigenvalue weighted by molar-refractivity contribution is 0.362. The van der Waals surface area contributed by atoms with Crippen LogP contribution in [0.25, 0.3) is 0 Å². The number of hydrogen-bond donors (Lipinski definition) is 1. The van der Waals surface area contributed by atoms with Crippen molar-refractivity contribution in [3.63, 3.8) is 0 Å². The molecule has 1 aliphatic rings. The van der Waals surface area contributed by atoms with Crippen LogP contribution in [0.5, 0.6) is 0 Å². The van der Waals surface area contributed by atoms with E-state index in [0.29, 0.717) is 18.0 Å². The monoisotopic (exact) mass is 255 g/mol. The van der Waals surface area contributed by atoms with Gasteiger partial charge in [0.15, 0.2) is 0 Å². The molecule has 1 nitrogen and oxygen atoms in total. The van der Waals surface area contributed by atoms with Crippen molar-refractivity contribution in [2.24, 2.45) is 5.92 Å². The van der Waals surface area contributed by atoms with E-state index in [1.54, 1.807) is 0 Å². The van der Waals surface area contributed by atoms with Crippen molar-refractivity contribution in [2.45, 2.75) is 44.5 Å². The summed E-state index contributed by atoms with van der Waals surface area (Å²) < 4.78 is 0. The zero-order chi connectivity index (χ0) is 11.5. The highest BCUT2D eigenvalue weighted by atomic mass is 32.2. The molecule has 1 aromatic rings. The van der Waals surface area contributed by atoms with Crippen molar-refractivity contribution < 1.29 is 0 Å². The molecule has 0 amide bonds. The molecule has 2 heterocycles. The summed E-state index contributed by atoms with van der Waals surface area (Å²) in [6, 6.07) is 5.64.